The van der Waals surface area contributed by atoms with Gasteiger partial charge in [-0.2, -0.15) is 4.98 Å². The quantitative estimate of drug-likeness (QED) is 0.321. The fraction of sp³-hybridized carbons (Fsp3) is 0.200. The van der Waals surface area contributed by atoms with Crippen LogP contribution in [-0.4, -0.2) is 59.8 Å². The lowest BCUT2D eigenvalue weighted by molar-refractivity contribution is 0.102. The molecule has 4 aromatic rings. The average Bonchev–Trinajstić information content (AvgIpc) is 2.84. The molecule has 0 atom stereocenters. The molecule has 0 aliphatic heterocycles. The van der Waals surface area contributed by atoms with Crippen molar-refractivity contribution >= 4 is 63.4 Å². The van der Waals surface area contributed by atoms with Crippen LogP contribution in [-0.2, 0) is 0 Å². The van der Waals surface area contributed by atoms with E-state index in [2.05, 4.69) is 20.6 Å². The number of amides is 1. The van der Waals surface area contributed by atoms with Gasteiger partial charge in [-0.25, -0.2) is 4.98 Å². The second-order valence-electron chi connectivity index (χ2n) is 8.35. The number of rotatable bonds is 8. The van der Waals surface area contributed by atoms with E-state index in [-0.39, 0.29) is 11.1 Å². The zero-order valence-corrected chi connectivity index (χ0v) is 22.4. The molecule has 4 rings (SSSR count). The van der Waals surface area contributed by atoms with Crippen molar-refractivity contribution in [3.05, 3.63) is 79.6 Å². The predicted molar refractivity (Wildman–Crippen MR) is 148 cm³/mol. The number of anilines is 2. The third-order valence-electron chi connectivity index (χ3n) is 5.37. The molecule has 2 aromatic heterocycles. The third kappa shape index (κ3) is 6.14. The van der Waals surface area contributed by atoms with E-state index in [0.717, 1.165) is 11.3 Å². The molecule has 2 aromatic carbocycles. The van der Waals surface area contributed by atoms with Crippen molar-refractivity contribution in [3.63, 3.8) is 0 Å². The average molecular weight is 562 g/mol. The van der Waals surface area contributed by atoms with Gasteiger partial charge in [0.15, 0.2) is 5.65 Å². The number of fused-ring (bicyclic) bond motifs is 1. The summed E-state index contributed by atoms with van der Waals surface area (Å²) in [5, 5.41) is 7.46. The zero-order chi connectivity index (χ0) is 26.7. The lowest BCUT2D eigenvalue weighted by Gasteiger charge is -2.14. The molecule has 0 unspecified atom stereocenters. The standard InChI is InChI=1S/C25H23Cl3N6O3/c1-33(2)7-6-29-25-30-13-15-10-20(24(36)34(37-3)22(15)32-25)19-12-18(4-5-21(19)28)31-23(35)14-8-16(26)11-17(27)9-14/h4-5,8-13H,6-7H2,1-3H3,(H,31,35)(H,29,30,32). The van der Waals surface area contributed by atoms with E-state index < -0.39 is 11.5 Å². The van der Waals surface area contributed by atoms with Crippen molar-refractivity contribution in [2.75, 3.05) is 44.9 Å². The van der Waals surface area contributed by atoms with Crippen LogP contribution in [0.15, 0.2) is 53.5 Å². The van der Waals surface area contributed by atoms with Crippen LogP contribution < -0.4 is 21.0 Å². The van der Waals surface area contributed by atoms with Gasteiger partial charge in [0.25, 0.3) is 11.5 Å². The highest BCUT2D eigenvalue weighted by Crippen LogP contribution is 2.31. The number of carbonyl (C=O) groups is 1. The van der Waals surface area contributed by atoms with E-state index in [1.54, 1.807) is 30.5 Å². The maximum atomic E-state index is 13.4. The number of hydrogen-bond donors (Lipinski definition) is 2. The first kappa shape index (κ1) is 26.7. The van der Waals surface area contributed by atoms with Gasteiger partial charge in [0.1, 0.15) is 7.11 Å². The first-order valence-corrected chi connectivity index (χ1v) is 12.2. The summed E-state index contributed by atoms with van der Waals surface area (Å²) in [5.41, 5.74) is 1.18. The summed E-state index contributed by atoms with van der Waals surface area (Å²) in [6, 6.07) is 11.0. The zero-order valence-electron chi connectivity index (χ0n) is 20.2. The summed E-state index contributed by atoms with van der Waals surface area (Å²) in [6.45, 7) is 1.41. The molecule has 0 aliphatic rings. The normalized spacial score (nSPS) is 11.1. The molecule has 12 heteroatoms. The smallest absolute Gasteiger partial charge is 0.293 e. The van der Waals surface area contributed by atoms with Crippen LogP contribution in [0.5, 0.6) is 0 Å². The van der Waals surface area contributed by atoms with Crippen LogP contribution in [0.3, 0.4) is 0 Å². The highest BCUT2D eigenvalue weighted by atomic mass is 35.5. The molecular weight excluding hydrogens is 539 g/mol. The van der Waals surface area contributed by atoms with E-state index in [4.69, 9.17) is 39.6 Å². The number of benzene rings is 2. The van der Waals surface area contributed by atoms with Crippen molar-refractivity contribution < 1.29 is 9.63 Å². The summed E-state index contributed by atoms with van der Waals surface area (Å²) < 4.78 is 1.08. The Hall–Kier alpha value is -3.37. The van der Waals surface area contributed by atoms with Crippen LogP contribution in [0, 0.1) is 0 Å². The molecule has 9 nitrogen and oxygen atoms in total. The van der Waals surface area contributed by atoms with Gasteiger partial charge in [-0.15, -0.1) is 4.73 Å². The van der Waals surface area contributed by atoms with Gasteiger partial charge in [-0.3, -0.25) is 9.59 Å². The predicted octanol–water partition coefficient (Wildman–Crippen LogP) is 4.70. The van der Waals surface area contributed by atoms with Crippen molar-refractivity contribution in [2.24, 2.45) is 0 Å². The van der Waals surface area contributed by atoms with Crippen LogP contribution in [0.4, 0.5) is 11.6 Å². The Morgan fingerprint density at radius 3 is 2.46 bits per heavy atom. The van der Waals surface area contributed by atoms with Gasteiger partial charge in [0, 0.05) is 56.6 Å². The maximum Gasteiger partial charge on any atom is 0.293 e. The van der Waals surface area contributed by atoms with Gasteiger partial charge < -0.3 is 20.4 Å². The van der Waals surface area contributed by atoms with Crippen molar-refractivity contribution in [3.8, 4) is 11.1 Å². The number of aromatic nitrogens is 3. The number of nitrogens with one attached hydrogen (secondary N) is 2. The van der Waals surface area contributed by atoms with Crippen molar-refractivity contribution in [1.82, 2.24) is 19.6 Å². The number of halogens is 3. The van der Waals surface area contributed by atoms with Crippen LogP contribution in [0.25, 0.3) is 22.2 Å². The van der Waals surface area contributed by atoms with E-state index >= 15 is 0 Å². The molecule has 37 heavy (non-hydrogen) atoms. The van der Waals surface area contributed by atoms with Gasteiger partial charge >= 0.3 is 0 Å². The number of pyridine rings is 1. The van der Waals surface area contributed by atoms with Crippen molar-refractivity contribution in [2.45, 2.75) is 0 Å². The molecule has 0 bridgehead atoms. The SMILES string of the molecule is COn1c(=O)c(-c2cc(NC(=O)c3cc(Cl)cc(Cl)c3)ccc2Cl)cc2cnc(NCCN(C)C)nc21. The Balaban J connectivity index is 1.70. The molecule has 0 aliphatic carbocycles. The fourth-order valence-electron chi connectivity index (χ4n) is 3.61. The van der Waals surface area contributed by atoms with Crippen molar-refractivity contribution in [1.29, 1.82) is 0 Å². The minimum Gasteiger partial charge on any atom is -0.412 e. The molecule has 0 saturated heterocycles. The van der Waals surface area contributed by atoms with Gasteiger partial charge in [-0.1, -0.05) is 34.8 Å². The first-order chi connectivity index (χ1) is 17.7. The second-order valence-corrected chi connectivity index (χ2v) is 9.63. The van der Waals surface area contributed by atoms with Crippen LogP contribution in [0.2, 0.25) is 15.1 Å². The third-order valence-corrected chi connectivity index (χ3v) is 6.13. The largest absolute Gasteiger partial charge is 0.412 e. The maximum absolute atomic E-state index is 13.4. The monoisotopic (exact) mass is 560 g/mol. The molecule has 0 fully saturated rings. The molecule has 1 amide bonds. The molecule has 192 valence electrons. The van der Waals surface area contributed by atoms with E-state index in [1.807, 2.05) is 19.0 Å². The molecule has 2 N–H and O–H groups in total. The number of likely N-dealkylation sites (N-methyl/N-ethyl adjacent to an activating group) is 1. The Labute approximate surface area is 227 Å². The summed E-state index contributed by atoms with van der Waals surface area (Å²) in [6.07, 6.45) is 1.60. The highest BCUT2D eigenvalue weighted by Gasteiger charge is 2.17. The summed E-state index contributed by atoms with van der Waals surface area (Å²) >= 11 is 18.5. The minimum atomic E-state index is -0.472. The van der Waals surface area contributed by atoms with Gasteiger partial charge in [-0.05, 0) is 56.6 Å². The minimum absolute atomic E-state index is 0.248. The summed E-state index contributed by atoms with van der Waals surface area (Å²) in [7, 11) is 5.30. The molecule has 0 spiro atoms. The lowest BCUT2D eigenvalue weighted by atomic mass is 10.1. The number of nitrogens with zero attached hydrogens (tertiary/aromatic N) is 4. The fourth-order valence-corrected chi connectivity index (χ4v) is 4.35. The molecule has 0 radical (unpaired) electrons. The number of hydrogen-bond acceptors (Lipinski definition) is 7. The first-order valence-electron chi connectivity index (χ1n) is 11.1. The lowest BCUT2D eigenvalue weighted by Crippen LogP contribution is -2.28. The topological polar surface area (TPSA) is 101 Å². The highest BCUT2D eigenvalue weighted by molar-refractivity contribution is 6.35. The Bertz CT molecular complexity index is 1520. The summed E-state index contributed by atoms with van der Waals surface area (Å²) in [4.78, 5) is 42.3. The van der Waals surface area contributed by atoms with Crippen LogP contribution >= 0.6 is 34.8 Å². The van der Waals surface area contributed by atoms with Gasteiger partial charge in [0.05, 0.1) is 5.56 Å². The molecule has 0 saturated carbocycles. The molecule has 2 heterocycles. The Kier molecular flexibility index (Phi) is 8.19. The van der Waals surface area contributed by atoms with E-state index in [0.29, 0.717) is 49.8 Å². The van der Waals surface area contributed by atoms with E-state index in [1.165, 1.54) is 25.3 Å². The second kappa shape index (κ2) is 11.4. The summed E-state index contributed by atoms with van der Waals surface area (Å²) in [5.74, 6) is -0.0515. The van der Waals surface area contributed by atoms with E-state index in [9.17, 15) is 9.59 Å². The molecular formula is C25H23Cl3N6O3. The van der Waals surface area contributed by atoms with Crippen LogP contribution in [0.1, 0.15) is 10.4 Å². The Morgan fingerprint density at radius 1 is 1.05 bits per heavy atom. The Morgan fingerprint density at radius 2 is 1.78 bits per heavy atom. The number of carbonyl (C=O) groups excluding carboxylic acids is 1. The van der Waals surface area contributed by atoms with Gasteiger partial charge in [0.2, 0.25) is 5.95 Å².